The number of nitriles is 1. The number of pyridine rings is 1. The van der Waals surface area contributed by atoms with Crippen LogP contribution in [0.5, 0.6) is 0 Å². The maximum absolute atomic E-state index is 11.4. The number of hydrogen-bond donors (Lipinski definition) is 1. The number of nitrogens with zero attached hydrogens (tertiary/aromatic N) is 4. The minimum atomic E-state index is -1.10. The molecule has 26 heavy (non-hydrogen) atoms. The third kappa shape index (κ3) is 3.42. The van der Waals surface area contributed by atoms with Gasteiger partial charge in [-0.2, -0.15) is 5.26 Å². The quantitative estimate of drug-likeness (QED) is 0.584. The summed E-state index contributed by atoms with van der Waals surface area (Å²) in [7, 11) is 7.89. The molecule has 3 rings (SSSR count). The first-order valence-electron chi connectivity index (χ1n) is 9.28. The SMILES string of the molecule is BC(B)(B)C(B)(O)c1nc2cnc(Cl)cc2n1[C@H]1CC[C@H](CC#N)CC1. The minimum Gasteiger partial charge on any atom is -0.393 e. The van der Waals surface area contributed by atoms with Crippen LogP contribution in [-0.4, -0.2) is 51.0 Å². The molecule has 1 unspecified atom stereocenters. The molecule has 0 bridgehead atoms. The Hall–Kier alpha value is -1.38. The van der Waals surface area contributed by atoms with Gasteiger partial charge in [-0.1, -0.05) is 16.7 Å². The lowest BCUT2D eigenvalue weighted by Gasteiger charge is -2.39. The number of halogens is 1. The molecule has 1 aliphatic carbocycles. The van der Waals surface area contributed by atoms with E-state index >= 15 is 0 Å². The summed E-state index contributed by atoms with van der Waals surface area (Å²) in [5, 5.41) is 20.4. The van der Waals surface area contributed by atoms with Crippen molar-refractivity contribution < 1.29 is 5.11 Å². The number of fused-ring (bicyclic) bond motifs is 1. The highest BCUT2D eigenvalue weighted by Gasteiger charge is 2.42. The molecule has 1 atom stereocenters. The van der Waals surface area contributed by atoms with Crippen molar-refractivity contribution in [3.8, 4) is 6.07 Å². The van der Waals surface area contributed by atoms with E-state index in [1.54, 1.807) is 6.20 Å². The predicted octanol–water partition coefficient (Wildman–Crippen LogP) is -0.519. The van der Waals surface area contributed by atoms with Gasteiger partial charge in [-0.05, 0) is 31.6 Å². The van der Waals surface area contributed by atoms with Crippen LogP contribution in [0.2, 0.25) is 10.3 Å². The summed E-state index contributed by atoms with van der Waals surface area (Å²) in [5.41, 5.74) is 0.587. The Labute approximate surface area is 163 Å². The van der Waals surface area contributed by atoms with Crippen LogP contribution >= 0.6 is 11.6 Å². The molecule has 2 heterocycles. The smallest absolute Gasteiger partial charge is 0.150 e. The van der Waals surface area contributed by atoms with Crippen molar-refractivity contribution in [2.45, 2.75) is 48.8 Å². The van der Waals surface area contributed by atoms with Gasteiger partial charge in [0.2, 0.25) is 0 Å². The first kappa shape index (κ1) is 19.4. The Bertz CT molecular complexity index is 850. The highest BCUT2D eigenvalue weighted by atomic mass is 35.5. The summed E-state index contributed by atoms with van der Waals surface area (Å²) in [6, 6.07) is 4.38. The lowest BCUT2D eigenvalue weighted by Crippen LogP contribution is -2.45. The molecule has 0 amide bonds. The van der Waals surface area contributed by atoms with Gasteiger partial charge in [0.1, 0.15) is 16.5 Å². The van der Waals surface area contributed by atoms with Gasteiger partial charge < -0.3 is 9.67 Å². The second-order valence-electron chi connectivity index (χ2n) is 8.66. The number of rotatable bonds is 4. The Morgan fingerprint density at radius 1 is 1.27 bits per heavy atom. The van der Waals surface area contributed by atoms with E-state index in [4.69, 9.17) is 21.8 Å². The number of imidazole rings is 1. The van der Waals surface area contributed by atoms with Gasteiger partial charge in [0, 0.05) is 18.5 Å². The molecule has 0 spiro atoms. The topological polar surface area (TPSA) is 74.7 Å². The highest BCUT2D eigenvalue weighted by Crippen LogP contribution is 2.42. The third-order valence-electron chi connectivity index (χ3n) is 6.00. The monoisotopic (exact) mass is 366 g/mol. The van der Waals surface area contributed by atoms with Crippen LogP contribution in [-0.2, 0) is 5.50 Å². The standard InChI is InChI=1S/C16H23B4ClN4O/c17-15(26,16(18,19)20)14-24-11-8-23-13(21)7-12(11)25(14)10-3-1-9(2-4-10)5-6-22/h7-10,26H,1-5,17-20H2/t9-,10-,15?. The first-order chi connectivity index (χ1) is 12.1. The molecule has 1 aliphatic rings. The average Bonchev–Trinajstić information content (AvgIpc) is 2.94. The van der Waals surface area contributed by atoms with E-state index in [0.29, 0.717) is 23.3 Å². The maximum Gasteiger partial charge on any atom is 0.150 e. The van der Waals surface area contributed by atoms with Gasteiger partial charge in [-0.3, -0.25) is 0 Å². The molecule has 2 aromatic rings. The van der Waals surface area contributed by atoms with Gasteiger partial charge in [-0.25, -0.2) is 9.97 Å². The second-order valence-corrected chi connectivity index (χ2v) is 9.05. The summed E-state index contributed by atoms with van der Waals surface area (Å²) in [4.78, 5) is 8.92. The lowest BCUT2D eigenvalue weighted by atomic mass is 9.32. The molecule has 5 nitrogen and oxygen atoms in total. The average molecular weight is 366 g/mol. The van der Waals surface area contributed by atoms with Crippen LogP contribution in [0.15, 0.2) is 12.3 Å². The molecule has 0 aromatic carbocycles. The maximum atomic E-state index is 11.4. The molecule has 1 saturated carbocycles. The molecular weight excluding hydrogens is 343 g/mol. The van der Waals surface area contributed by atoms with E-state index in [-0.39, 0.29) is 11.2 Å². The van der Waals surface area contributed by atoms with Crippen molar-refractivity contribution in [1.82, 2.24) is 14.5 Å². The third-order valence-corrected chi connectivity index (χ3v) is 6.21. The Kier molecular flexibility index (Phi) is 5.20. The molecule has 0 radical (unpaired) electrons. The Morgan fingerprint density at radius 3 is 2.50 bits per heavy atom. The largest absolute Gasteiger partial charge is 0.393 e. The Morgan fingerprint density at radius 2 is 1.92 bits per heavy atom. The lowest BCUT2D eigenvalue weighted by molar-refractivity contribution is 0.110. The molecule has 2 aromatic heterocycles. The minimum absolute atomic E-state index is 0.247. The van der Waals surface area contributed by atoms with E-state index in [2.05, 4.69) is 15.6 Å². The highest BCUT2D eigenvalue weighted by molar-refractivity contribution is 6.62. The zero-order valence-corrected chi connectivity index (χ0v) is 16.7. The zero-order chi connectivity index (χ0) is 19.1. The van der Waals surface area contributed by atoms with Crippen LogP contribution in [0.3, 0.4) is 0 Å². The van der Waals surface area contributed by atoms with Crippen LogP contribution in [0.4, 0.5) is 0 Å². The Balaban J connectivity index is 2.09. The van der Waals surface area contributed by atoms with Crippen LogP contribution in [0.1, 0.15) is 44.0 Å². The van der Waals surface area contributed by atoms with Crippen LogP contribution in [0, 0.1) is 17.2 Å². The van der Waals surface area contributed by atoms with Gasteiger partial charge in [0.05, 0.1) is 46.8 Å². The van der Waals surface area contributed by atoms with E-state index in [0.717, 1.165) is 36.7 Å². The predicted molar refractivity (Wildman–Crippen MR) is 115 cm³/mol. The molecule has 10 heteroatoms. The van der Waals surface area contributed by atoms with Crippen molar-refractivity contribution in [2.24, 2.45) is 5.92 Å². The molecule has 1 N–H and O–H groups in total. The summed E-state index contributed by atoms with van der Waals surface area (Å²) >= 11 is 6.16. The van der Waals surface area contributed by atoms with Crippen LogP contribution < -0.4 is 0 Å². The summed E-state index contributed by atoms with van der Waals surface area (Å²) in [6.45, 7) is 0. The van der Waals surface area contributed by atoms with E-state index in [1.807, 2.05) is 37.5 Å². The van der Waals surface area contributed by atoms with Crippen molar-refractivity contribution in [2.75, 3.05) is 0 Å². The molecule has 0 saturated heterocycles. The zero-order valence-electron chi connectivity index (χ0n) is 16.0. The summed E-state index contributed by atoms with van der Waals surface area (Å²) in [5.74, 6) is 1.15. The van der Waals surface area contributed by atoms with Crippen molar-refractivity contribution in [3.05, 3.63) is 23.2 Å². The van der Waals surface area contributed by atoms with Crippen molar-refractivity contribution >= 4 is 54.0 Å². The summed E-state index contributed by atoms with van der Waals surface area (Å²) < 4.78 is 2.18. The van der Waals surface area contributed by atoms with Crippen molar-refractivity contribution in [1.29, 1.82) is 5.26 Å². The number of aromatic nitrogens is 3. The van der Waals surface area contributed by atoms with Gasteiger partial charge in [0.15, 0.2) is 7.85 Å². The van der Waals surface area contributed by atoms with Gasteiger partial charge in [-0.15, -0.1) is 0 Å². The first-order valence-corrected chi connectivity index (χ1v) is 9.66. The molecule has 132 valence electrons. The van der Waals surface area contributed by atoms with Gasteiger partial charge in [0.25, 0.3) is 0 Å². The molecular formula is C16H23B4ClN4O. The molecule has 0 aliphatic heterocycles. The van der Waals surface area contributed by atoms with Crippen molar-refractivity contribution in [3.63, 3.8) is 0 Å². The van der Waals surface area contributed by atoms with E-state index in [9.17, 15) is 5.11 Å². The summed E-state index contributed by atoms with van der Waals surface area (Å²) in [6.07, 6.45) is 6.30. The second kappa shape index (κ2) is 6.98. The fraction of sp³-hybridized carbons (Fsp3) is 0.562. The number of hydrogen-bond acceptors (Lipinski definition) is 4. The number of aliphatic hydroxyl groups is 1. The fourth-order valence-electron chi connectivity index (χ4n) is 3.76. The fourth-order valence-corrected chi connectivity index (χ4v) is 3.91. The van der Waals surface area contributed by atoms with E-state index < -0.39 is 5.50 Å². The van der Waals surface area contributed by atoms with Crippen LogP contribution in [0.25, 0.3) is 11.0 Å². The van der Waals surface area contributed by atoms with E-state index in [1.165, 1.54) is 0 Å². The molecule has 1 fully saturated rings. The normalized spacial score (nSPS) is 23.4. The van der Waals surface area contributed by atoms with Gasteiger partial charge >= 0.3 is 0 Å².